The van der Waals surface area contributed by atoms with E-state index < -0.39 is 20.0 Å². The lowest BCUT2D eigenvalue weighted by Gasteiger charge is -2.28. The van der Waals surface area contributed by atoms with Crippen LogP contribution < -0.4 is 4.72 Å². The van der Waals surface area contributed by atoms with Gasteiger partial charge in [-0.1, -0.05) is 42.0 Å². The van der Waals surface area contributed by atoms with Crippen molar-refractivity contribution in [3.05, 3.63) is 95.7 Å². The summed E-state index contributed by atoms with van der Waals surface area (Å²) in [6, 6.07) is 20.6. The molecule has 4 aromatic rings. The monoisotopic (exact) mass is 493 g/mol. The van der Waals surface area contributed by atoms with Gasteiger partial charge in [-0.2, -0.15) is 4.31 Å². The van der Waals surface area contributed by atoms with Crippen molar-refractivity contribution in [3.8, 4) is 0 Å². The maximum Gasteiger partial charge on any atom is 0.264 e. The molecule has 0 amide bonds. The van der Waals surface area contributed by atoms with Gasteiger partial charge in [0, 0.05) is 30.4 Å². The first kappa shape index (κ1) is 22.5. The Balaban J connectivity index is 1.43. The Hall–Kier alpha value is -3.27. The maximum atomic E-state index is 13.2. The van der Waals surface area contributed by atoms with Crippen LogP contribution >= 0.6 is 0 Å². The van der Waals surface area contributed by atoms with E-state index in [1.165, 1.54) is 10.4 Å². The summed E-state index contributed by atoms with van der Waals surface area (Å²) in [6.45, 7) is 2.46. The fraction of sp³-hybridized carbons (Fsp3) is 0.160. The minimum absolute atomic E-state index is 0.0897. The van der Waals surface area contributed by atoms with E-state index in [-0.39, 0.29) is 16.3 Å². The van der Waals surface area contributed by atoms with E-state index in [9.17, 15) is 16.8 Å². The van der Waals surface area contributed by atoms with Crippen LogP contribution in [0.5, 0.6) is 0 Å². The standard InChI is InChI=1S/C25H23N3O4S2/c1-18-7-11-23(12-8-18)34(31,32)28-15-13-19-9-10-22(16-21(19)17-28)27-33(29,30)24-6-2-4-20-5-3-14-26-25(20)24/h2-12,14,16,27H,13,15,17H2,1H3. The molecule has 0 fully saturated rings. The number of fused-ring (bicyclic) bond motifs is 2. The Morgan fingerprint density at radius 2 is 1.65 bits per heavy atom. The van der Waals surface area contributed by atoms with Gasteiger partial charge in [-0.15, -0.1) is 0 Å². The number of anilines is 1. The van der Waals surface area contributed by atoms with E-state index in [0.717, 1.165) is 22.1 Å². The number of hydrogen-bond acceptors (Lipinski definition) is 5. The Morgan fingerprint density at radius 3 is 2.44 bits per heavy atom. The molecule has 1 aliphatic rings. The number of pyridine rings is 1. The van der Waals surface area contributed by atoms with Gasteiger partial charge in [0.1, 0.15) is 4.90 Å². The van der Waals surface area contributed by atoms with Crippen molar-refractivity contribution < 1.29 is 16.8 Å². The third-order valence-corrected chi connectivity index (χ3v) is 9.25. The van der Waals surface area contributed by atoms with Crippen molar-refractivity contribution in [2.24, 2.45) is 0 Å². The molecule has 1 N–H and O–H groups in total. The van der Waals surface area contributed by atoms with Crippen LogP contribution in [-0.4, -0.2) is 32.7 Å². The molecule has 0 saturated carbocycles. The number of aromatic nitrogens is 1. The van der Waals surface area contributed by atoms with E-state index in [1.807, 2.05) is 25.1 Å². The van der Waals surface area contributed by atoms with Crippen molar-refractivity contribution >= 4 is 36.6 Å². The number of rotatable bonds is 5. The third kappa shape index (κ3) is 4.18. The zero-order valence-electron chi connectivity index (χ0n) is 18.5. The number of hydrogen-bond donors (Lipinski definition) is 1. The average molecular weight is 494 g/mol. The summed E-state index contributed by atoms with van der Waals surface area (Å²) >= 11 is 0. The summed E-state index contributed by atoms with van der Waals surface area (Å²) in [6.07, 6.45) is 2.12. The molecule has 34 heavy (non-hydrogen) atoms. The summed E-state index contributed by atoms with van der Waals surface area (Å²) < 4.78 is 56.7. The zero-order chi connectivity index (χ0) is 23.9. The van der Waals surface area contributed by atoms with Crippen LogP contribution in [0.15, 0.2) is 88.8 Å². The maximum absolute atomic E-state index is 13.2. The molecule has 0 aliphatic carbocycles. The third-order valence-electron chi connectivity index (χ3n) is 5.98. The molecular weight excluding hydrogens is 470 g/mol. The van der Waals surface area contributed by atoms with E-state index in [0.29, 0.717) is 24.2 Å². The van der Waals surface area contributed by atoms with Crippen molar-refractivity contribution in [1.82, 2.24) is 9.29 Å². The summed E-state index contributed by atoms with van der Waals surface area (Å²) in [5.41, 5.74) is 3.54. The van der Waals surface area contributed by atoms with E-state index in [4.69, 9.17) is 0 Å². The molecule has 0 saturated heterocycles. The molecule has 9 heteroatoms. The van der Waals surface area contributed by atoms with Crippen LogP contribution in [-0.2, 0) is 33.0 Å². The van der Waals surface area contributed by atoms with Gasteiger partial charge in [0.25, 0.3) is 10.0 Å². The molecule has 0 spiro atoms. The van der Waals surface area contributed by atoms with Crippen molar-refractivity contribution in [3.63, 3.8) is 0 Å². The van der Waals surface area contributed by atoms with Gasteiger partial charge in [-0.25, -0.2) is 16.8 Å². The Labute approximate surface area is 199 Å². The highest BCUT2D eigenvalue weighted by Crippen LogP contribution is 2.29. The van der Waals surface area contributed by atoms with Gasteiger partial charge < -0.3 is 0 Å². The fourth-order valence-electron chi connectivity index (χ4n) is 4.16. The van der Waals surface area contributed by atoms with Crippen LogP contribution in [0, 0.1) is 6.92 Å². The fourth-order valence-corrected chi connectivity index (χ4v) is 6.81. The quantitative estimate of drug-likeness (QED) is 0.452. The molecule has 1 aliphatic heterocycles. The lowest BCUT2D eigenvalue weighted by Crippen LogP contribution is -2.36. The van der Waals surface area contributed by atoms with E-state index >= 15 is 0 Å². The lowest BCUT2D eigenvalue weighted by atomic mass is 10.0. The number of nitrogens with zero attached hydrogens (tertiary/aromatic N) is 2. The molecule has 1 aromatic heterocycles. The Morgan fingerprint density at radius 1 is 0.882 bits per heavy atom. The van der Waals surface area contributed by atoms with Crippen LogP contribution in [0.3, 0.4) is 0 Å². The normalized spacial score (nSPS) is 14.6. The largest absolute Gasteiger partial charge is 0.280 e. The zero-order valence-corrected chi connectivity index (χ0v) is 20.1. The van der Waals surface area contributed by atoms with Gasteiger partial charge in [-0.05, 0) is 60.9 Å². The highest BCUT2D eigenvalue weighted by Gasteiger charge is 2.29. The van der Waals surface area contributed by atoms with Crippen LogP contribution in [0.1, 0.15) is 16.7 Å². The molecule has 174 valence electrons. The lowest BCUT2D eigenvalue weighted by molar-refractivity contribution is 0.391. The van der Waals surface area contributed by atoms with Crippen molar-refractivity contribution in [2.45, 2.75) is 29.7 Å². The number of benzene rings is 3. The van der Waals surface area contributed by atoms with Crippen molar-refractivity contribution in [2.75, 3.05) is 11.3 Å². The second kappa shape index (κ2) is 8.50. The van der Waals surface area contributed by atoms with Gasteiger partial charge in [0.15, 0.2) is 0 Å². The molecule has 0 atom stereocenters. The molecule has 2 heterocycles. The SMILES string of the molecule is Cc1ccc(S(=O)(=O)N2CCc3ccc(NS(=O)(=O)c4cccc5cccnc45)cc3C2)cc1. The molecular formula is C25H23N3O4S2. The number of aryl methyl sites for hydroxylation is 1. The minimum atomic E-state index is -3.90. The average Bonchev–Trinajstić information content (AvgIpc) is 2.83. The second-order valence-electron chi connectivity index (χ2n) is 8.32. The Bertz CT molecular complexity index is 1590. The topological polar surface area (TPSA) is 96.4 Å². The predicted octanol–water partition coefficient (Wildman–Crippen LogP) is 4.09. The molecule has 0 unspecified atom stereocenters. The number of para-hydroxylation sites is 1. The van der Waals surface area contributed by atoms with Gasteiger partial charge in [0.05, 0.1) is 10.4 Å². The van der Waals surface area contributed by atoms with Crippen LogP contribution in [0.25, 0.3) is 10.9 Å². The van der Waals surface area contributed by atoms with E-state index in [1.54, 1.807) is 54.7 Å². The first-order valence-electron chi connectivity index (χ1n) is 10.8. The molecule has 7 nitrogen and oxygen atoms in total. The summed E-state index contributed by atoms with van der Waals surface area (Å²) in [5.74, 6) is 0. The predicted molar refractivity (Wildman–Crippen MR) is 131 cm³/mol. The first-order chi connectivity index (χ1) is 16.2. The van der Waals surface area contributed by atoms with Gasteiger partial charge in [-0.3, -0.25) is 9.71 Å². The van der Waals surface area contributed by atoms with Gasteiger partial charge >= 0.3 is 0 Å². The summed E-state index contributed by atoms with van der Waals surface area (Å²) in [4.78, 5) is 4.58. The first-order valence-corrected chi connectivity index (χ1v) is 13.7. The second-order valence-corrected chi connectivity index (χ2v) is 11.9. The van der Waals surface area contributed by atoms with E-state index in [2.05, 4.69) is 9.71 Å². The summed E-state index contributed by atoms with van der Waals surface area (Å²) in [7, 11) is -7.55. The van der Waals surface area contributed by atoms with Crippen LogP contribution in [0.4, 0.5) is 5.69 Å². The van der Waals surface area contributed by atoms with Crippen molar-refractivity contribution in [1.29, 1.82) is 0 Å². The highest BCUT2D eigenvalue weighted by molar-refractivity contribution is 7.93. The van der Waals surface area contributed by atoms with Gasteiger partial charge in [0.2, 0.25) is 10.0 Å². The Kier molecular flexibility index (Phi) is 5.63. The number of sulfonamides is 2. The molecule has 5 rings (SSSR count). The molecule has 0 radical (unpaired) electrons. The highest BCUT2D eigenvalue weighted by atomic mass is 32.2. The molecule has 0 bridgehead atoms. The minimum Gasteiger partial charge on any atom is -0.280 e. The molecule has 3 aromatic carbocycles. The number of nitrogens with one attached hydrogen (secondary N) is 1. The smallest absolute Gasteiger partial charge is 0.264 e. The summed E-state index contributed by atoms with van der Waals surface area (Å²) in [5, 5.41) is 0.729. The van der Waals surface area contributed by atoms with Crippen LogP contribution in [0.2, 0.25) is 0 Å².